The minimum absolute atomic E-state index is 0.205. The summed E-state index contributed by atoms with van der Waals surface area (Å²) >= 11 is 5.11. The van der Waals surface area contributed by atoms with Crippen molar-refractivity contribution in [2.75, 3.05) is 0 Å². The molecule has 5 nitrogen and oxygen atoms in total. The number of hydrogen-bond acceptors (Lipinski definition) is 3. The second-order valence-electron chi connectivity index (χ2n) is 6.73. The monoisotopic (exact) mass is 375 g/mol. The molecule has 0 unspecified atom stereocenters. The number of benzene rings is 2. The zero-order valence-corrected chi connectivity index (χ0v) is 15.7. The summed E-state index contributed by atoms with van der Waals surface area (Å²) in [4.78, 5) is 12.2. The maximum Gasteiger partial charge on any atom is 0.269 e. The molecule has 0 bridgehead atoms. The maximum absolute atomic E-state index is 12.9. The largest absolute Gasteiger partial charge is 0.489 e. The molecule has 0 spiro atoms. The number of thiocarbonyl (C=S) groups is 1. The van der Waals surface area contributed by atoms with Gasteiger partial charge in [-0.3, -0.25) is 15.6 Å². The van der Waals surface area contributed by atoms with E-state index in [2.05, 4.69) is 16.2 Å². The van der Waals surface area contributed by atoms with Crippen LogP contribution >= 0.6 is 12.2 Å². The molecular formula is C19H22FN3O2S. The number of hydrogen-bond donors (Lipinski definition) is 3. The van der Waals surface area contributed by atoms with Crippen LogP contribution in [0.25, 0.3) is 0 Å². The van der Waals surface area contributed by atoms with Crippen LogP contribution in [-0.2, 0) is 6.61 Å². The fourth-order valence-corrected chi connectivity index (χ4v) is 2.39. The molecule has 0 aromatic heterocycles. The molecule has 3 N–H and O–H groups in total. The van der Waals surface area contributed by atoms with Gasteiger partial charge in [0.15, 0.2) is 5.11 Å². The summed E-state index contributed by atoms with van der Waals surface area (Å²) in [6.45, 7) is 6.17. The molecule has 0 aliphatic carbocycles. The third kappa shape index (κ3) is 6.68. The molecule has 0 radical (unpaired) electrons. The summed E-state index contributed by atoms with van der Waals surface area (Å²) < 4.78 is 18.6. The van der Waals surface area contributed by atoms with Gasteiger partial charge in [-0.15, -0.1) is 0 Å². The molecule has 0 aliphatic heterocycles. The van der Waals surface area contributed by atoms with Gasteiger partial charge in [0.1, 0.15) is 18.2 Å². The van der Waals surface area contributed by atoms with Crippen molar-refractivity contribution < 1.29 is 13.9 Å². The molecule has 0 saturated heterocycles. The van der Waals surface area contributed by atoms with Gasteiger partial charge in [-0.25, -0.2) is 4.39 Å². The van der Waals surface area contributed by atoms with Gasteiger partial charge in [-0.1, -0.05) is 18.2 Å². The van der Waals surface area contributed by atoms with Gasteiger partial charge >= 0.3 is 0 Å². The number of ether oxygens (including phenoxy) is 1. The van der Waals surface area contributed by atoms with Crippen LogP contribution in [0.3, 0.4) is 0 Å². The minimum Gasteiger partial charge on any atom is -0.489 e. The van der Waals surface area contributed by atoms with E-state index in [1.165, 1.54) is 12.1 Å². The lowest BCUT2D eigenvalue weighted by molar-refractivity contribution is 0.0943. The van der Waals surface area contributed by atoms with Crippen LogP contribution in [0.5, 0.6) is 5.75 Å². The highest BCUT2D eigenvalue weighted by molar-refractivity contribution is 7.80. The summed E-state index contributed by atoms with van der Waals surface area (Å²) in [6, 6.07) is 12.8. The lowest BCUT2D eigenvalue weighted by Gasteiger charge is -2.23. The van der Waals surface area contributed by atoms with Gasteiger partial charge in [0, 0.05) is 11.1 Å². The Morgan fingerprint density at radius 2 is 1.81 bits per heavy atom. The Labute approximate surface area is 157 Å². The van der Waals surface area contributed by atoms with Crippen LogP contribution in [0.15, 0.2) is 48.5 Å². The van der Waals surface area contributed by atoms with Gasteiger partial charge in [0.25, 0.3) is 5.91 Å². The average molecular weight is 375 g/mol. The molecular weight excluding hydrogens is 353 g/mol. The van der Waals surface area contributed by atoms with Crippen molar-refractivity contribution in [1.29, 1.82) is 0 Å². The highest BCUT2D eigenvalue weighted by atomic mass is 32.1. The predicted molar refractivity (Wildman–Crippen MR) is 103 cm³/mol. The first-order chi connectivity index (χ1) is 12.2. The fraction of sp³-hybridized carbons (Fsp3) is 0.263. The molecule has 0 fully saturated rings. The second kappa shape index (κ2) is 8.62. The Hall–Kier alpha value is -2.67. The van der Waals surface area contributed by atoms with Crippen LogP contribution in [0, 0.1) is 5.82 Å². The number of hydrazine groups is 1. The van der Waals surface area contributed by atoms with Gasteiger partial charge < -0.3 is 10.1 Å². The van der Waals surface area contributed by atoms with Crippen LogP contribution in [-0.4, -0.2) is 16.6 Å². The first-order valence-corrected chi connectivity index (χ1v) is 8.49. The first-order valence-electron chi connectivity index (χ1n) is 8.09. The van der Waals surface area contributed by atoms with Crippen molar-refractivity contribution in [3.63, 3.8) is 0 Å². The molecule has 26 heavy (non-hydrogen) atoms. The van der Waals surface area contributed by atoms with Gasteiger partial charge in [-0.05, 0) is 68.9 Å². The second-order valence-corrected chi connectivity index (χ2v) is 7.13. The number of rotatable bonds is 4. The van der Waals surface area contributed by atoms with E-state index < -0.39 is 0 Å². The Morgan fingerprint density at radius 1 is 1.12 bits per heavy atom. The summed E-state index contributed by atoms with van der Waals surface area (Å²) in [5.74, 6) is -0.0913. The normalized spacial score (nSPS) is 10.8. The molecule has 2 aromatic carbocycles. The molecule has 138 valence electrons. The molecule has 7 heteroatoms. The highest BCUT2D eigenvalue weighted by Crippen LogP contribution is 2.15. The van der Waals surface area contributed by atoms with Gasteiger partial charge in [-0.2, -0.15) is 0 Å². The fourth-order valence-electron chi connectivity index (χ4n) is 2.03. The summed E-state index contributed by atoms with van der Waals surface area (Å²) in [5, 5.41) is 3.36. The van der Waals surface area contributed by atoms with Crippen molar-refractivity contribution in [2.24, 2.45) is 0 Å². The maximum atomic E-state index is 12.9. The molecule has 1 amide bonds. The molecule has 0 atom stereocenters. The van der Waals surface area contributed by atoms with E-state index >= 15 is 0 Å². The van der Waals surface area contributed by atoms with Gasteiger partial charge in [0.05, 0.1) is 0 Å². The van der Waals surface area contributed by atoms with Crippen molar-refractivity contribution in [1.82, 2.24) is 16.2 Å². The third-order valence-corrected chi connectivity index (χ3v) is 3.40. The molecule has 0 aliphatic rings. The molecule has 0 heterocycles. The molecule has 0 saturated carbocycles. The van der Waals surface area contributed by atoms with E-state index in [-0.39, 0.29) is 23.9 Å². The van der Waals surface area contributed by atoms with Crippen molar-refractivity contribution in [3.8, 4) is 5.75 Å². The Kier molecular flexibility index (Phi) is 6.52. The number of halogens is 1. The highest BCUT2D eigenvalue weighted by Gasteiger charge is 2.12. The lowest BCUT2D eigenvalue weighted by atomic mass is 10.1. The Balaban J connectivity index is 1.90. The van der Waals surface area contributed by atoms with Crippen LogP contribution in [0.1, 0.15) is 36.7 Å². The Bertz CT molecular complexity index is 773. The van der Waals surface area contributed by atoms with Crippen molar-refractivity contribution in [2.45, 2.75) is 32.9 Å². The SMILES string of the molecule is CC(C)(C)NC(=S)NNC(=O)c1cccc(OCc2ccc(F)cc2)c1. The van der Waals surface area contributed by atoms with E-state index in [4.69, 9.17) is 17.0 Å². The smallest absolute Gasteiger partial charge is 0.269 e. The zero-order valence-electron chi connectivity index (χ0n) is 14.9. The predicted octanol–water partition coefficient (Wildman–Crippen LogP) is 3.31. The van der Waals surface area contributed by atoms with Crippen molar-refractivity contribution >= 4 is 23.2 Å². The van der Waals surface area contributed by atoms with E-state index in [0.29, 0.717) is 16.4 Å². The Morgan fingerprint density at radius 3 is 2.46 bits per heavy atom. The van der Waals surface area contributed by atoms with Gasteiger partial charge in [0.2, 0.25) is 0 Å². The summed E-state index contributed by atoms with van der Waals surface area (Å²) in [5.41, 5.74) is 6.26. The topological polar surface area (TPSA) is 62.4 Å². The van der Waals surface area contributed by atoms with E-state index in [1.807, 2.05) is 20.8 Å². The number of carbonyl (C=O) groups excluding carboxylic acids is 1. The van der Waals surface area contributed by atoms with E-state index in [9.17, 15) is 9.18 Å². The standard InChI is InChI=1S/C19H22FN3O2S/c1-19(2,3)21-18(26)23-22-17(24)14-5-4-6-16(11-14)25-12-13-7-9-15(20)10-8-13/h4-11H,12H2,1-3H3,(H,22,24)(H2,21,23,26). The van der Waals surface area contributed by atoms with Crippen LogP contribution < -0.4 is 20.9 Å². The van der Waals surface area contributed by atoms with E-state index in [0.717, 1.165) is 5.56 Å². The zero-order chi connectivity index (χ0) is 19.2. The number of amides is 1. The summed E-state index contributed by atoms with van der Waals surface area (Å²) in [7, 11) is 0. The number of carbonyl (C=O) groups is 1. The van der Waals surface area contributed by atoms with E-state index in [1.54, 1.807) is 36.4 Å². The van der Waals surface area contributed by atoms with Crippen LogP contribution in [0.2, 0.25) is 0 Å². The average Bonchev–Trinajstić information content (AvgIpc) is 2.58. The third-order valence-electron chi connectivity index (χ3n) is 3.19. The lowest BCUT2D eigenvalue weighted by Crippen LogP contribution is -2.52. The molecule has 2 rings (SSSR count). The minimum atomic E-state index is -0.338. The first kappa shape index (κ1) is 19.7. The van der Waals surface area contributed by atoms with Crippen molar-refractivity contribution in [3.05, 3.63) is 65.5 Å². The summed E-state index contributed by atoms with van der Waals surface area (Å²) in [6.07, 6.45) is 0. The van der Waals surface area contributed by atoms with Crippen LogP contribution in [0.4, 0.5) is 4.39 Å². The molecule has 2 aromatic rings. The number of nitrogens with one attached hydrogen (secondary N) is 3. The quantitative estimate of drug-likeness (QED) is 0.565.